The molecule has 2 rings (SSSR count). The monoisotopic (exact) mass is 387 g/mol. The van der Waals surface area contributed by atoms with Crippen molar-refractivity contribution in [3.05, 3.63) is 40.9 Å². The van der Waals surface area contributed by atoms with Gasteiger partial charge in [-0.1, -0.05) is 26.0 Å². The Morgan fingerprint density at radius 3 is 2.54 bits per heavy atom. The Morgan fingerprint density at radius 1 is 1.07 bits per heavy atom. The number of para-hydroxylation sites is 1. The van der Waals surface area contributed by atoms with Crippen molar-refractivity contribution in [1.82, 2.24) is 25.1 Å². The summed E-state index contributed by atoms with van der Waals surface area (Å²) >= 11 is 0. The van der Waals surface area contributed by atoms with Crippen LogP contribution in [0.2, 0.25) is 0 Å². The van der Waals surface area contributed by atoms with Gasteiger partial charge in [-0.25, -0.2) is 4.98 Å². The molecule has 0 fully saturated rings. The van der Waals surface area contributed by atoms with Crippen molar-refractivity contribution in [3.8, 4) is 0 Å². The standard InChI is InChI=1S/C20H29N5O3/c1-3-24(4-2)13-7-11-21-18(26)10-12-22-19(27)14-25-15-23-17-9-6-5-8-16(17)20(25)28/h5-6,8-9,15H,3-4,7,10-14H2,1-2H3,(H,21,26)(H,22,27). The molecule has 8 nitrogen and oxygen atoms in total. The topological polar surface area (TPSA) is 96.3 Å². The Kier molecular flexibility index (Phi) is 8.61. The molecule has 0 radical (unpaired) electrons. The Hall–Kier alpha value is -2.74. The molecular formula is C20H29N5O3. The third kappa shape index (κ3) is 6.45. The third-order valence-electron chi connectivity index (χ3n) is 4.59. The summed E-state index contributed by atoms with van der Waals surface area (Å²) in [6.45, 7) is 7.94. The summed E-state index contributed by atoms with van der Waals surface area (Å²) in [5.41, 5.74) is 0.341. The molecule has 0 atom stereocenters. The highest BCUT2D eigenvalue weighted by atomic mass is 16.2. The molecule has 1 aromatic carbocycles. The summed E-state index contributed by atoms with van der Waals surface area (Å²) in [5.74, 6) is -0.419. The number of nitrogens with zero attached hydrogens (tertiary/aromatic N) is 3. The lowest BCUT2D eigenvalue weighted by Gasteiger charge is -2.17. The zero-order chi connectivity index (χ0) is 20.4. The van der Waals surface area contributed by atoms with Crippen LogP contribution < -0.4 is 16.2 Å². The van der Waals surface area contributed by atoms with Crippen molar-refractivity contribution in [3.63, 3.8) is 0 Å². The molecule has 0 aliphatic heterocycles. The Morgan fingerprint density at radius 2 is 1.79 bits per heavy atom. The molecule has 0 bridgehead atoms. The van der Waals surface area contributed by atoms with Gasteiger partial charge in [0.15, 0.2) is 0 Å². The summed E-state index contributed by atoms with van der Waals surface area (Å²) in [5, 5.41) is 6.00. The van der Waals surface area contributed by atoms with E-state index in [1.54, 1.807) is 24.3 Å². The molecule has 2 aromatic rings. The van der Waals surface area contributed by atoms with Crippen LogP contribution in [0.4, 0.5) is 0 Å². The molecule has 1 heterocycles. The number of carbonyl (C=O) groups is 2. The molecule has 0 aliphatic carbocycles. The highest BCUT2D eigenvalue weighted by Gasteiger charge is 2.08. The molecule has 28 heavy (non-hydrogen) atoms. The predicted molar refractivity (Wildman–Crippen MR) is 109 cm³/mol. The number of hydrogen-bond donors (Lipinski definition) is 2. The lowest BCUT2D eigenvalue weighted by atomic mass is 10.2. The average Bonchev–Trinajstić information content (AvgIpc) is 2.70. The number of amides is 2. The number of hydrogen-bond acceptors (Lipinski definition) is 5. The number of benzene rings is 1. The van der Waals surface area contributed by atoms with E-state index in [4.69, 9.17) is 0 Å². The predicted octanol–water partition coefficient (Wildman–Crippen LogP) is 0.751. The minimum atomic E-state index is -0.325. The first kappa shape index (κ1) is 21.6. The molecule has 2 N–H and O–H groups in total. The molecule has 2 amide bonds. The lowest BCUT2D eigenvalue weighted by Crippen LogP contribution is -2.35. The first-order valence-corrected chi connectivity index (χ1v) is 9.75. The van der Waals surface area contributed by atoms with E-state index in [9.17, 15) is 14.4 Å². The van der Waals surface area contributed by atoms with E-state index >= 15 is 0 Å². The van der Waals surface area contributed by atoms with Crippen LogP contribution in [0, 0.1) is 0 Å². The molecule has 0 aliphatic rings. The van der Waals surface area contributed by atoms with Crippen molar-refractivity contribution in [2.45, 2.75) is 33.2 Å². The fraction of sp³-hybridized carbons (Fsp3) is 0.500. The summed E-state index contributed by atoms with van der Waals surface area (Å²) in [7, 11) is 0. The summed E-state index contributed by atoms with van der Waals surface area (Å²) in [6.07, 6.45) is 2.48. The largest absolute Gasteiger partial charge is 0.356 e. The molecule has 152 valence electrons. The number of rotatable bonds is 11. The normalized spacial score (nSPS) is 11.0. The summed E-state index contributed by atoms with van der Waals surface area (Å²) in [4.78, 5) is 42.7. The van der Waals surface area contributed by atoms with Gasteiger partial charge in [0.25, 0.3) is 5.56 Å². The van der Waals surface area contributed by atoms with Crippen molar-refractivity contribution >= 4 is 22.7 Å². The fourth-order valence-corrected chi connectivity index (χ4v) is 2.90. The number of nitrogens with one attached hydrogen (secondary N) is 2. The van der Waals surface area contributed by atoms with Crippen molar-refractivity contribution in [2.24, 2.45) is 0 Å². The number of fused-ring (bicyclic) bond motifs is 1. The van der Waals surface area contributed by atoms with Crippen LogP contribution in [0.15, 0.2) is 35.4 Å². The van der Waals surface area contributed by atoms with Gasteiger partial charge in [-0.05, 0) is 38.2 Å². The van der Waals surface area contributed by atoms with Gasteiger partial charge >= 0.3 is 0 Å². The quantitative estimate of drug-likeness (QED) is 0.555. The fourth-order valence-electron chi connectivity index (χ4n) is 2.90. The van der Waals surface area contributed by atoms with Crippen LogP contribution in [0.1, 0.15) is 26.7 Å². The van der Waals surface area contributed by atoms with Crippen molar-refractivity contribution in [2.75, 3.05) is 32.7 Å². The van der Waals surface area contributed by atoms with Gasteiger partial charge in [0, 0.05) is 19.5 Å². The van der Waals surface area contributed by atoms with E-state index in [-0.39, 0.29) is 36.9 Å². The van der Waals surface area contributed by atoms with Crippen molar-refractivity contribution in [1.29, 1.82) is 0 Å². The maximum atomic E-state index is 12.4. The van der Waals surface area contributed by atoms with Crippen molar-refractivity contribution < 1.29 is 9.59 Å². The zero-order valence-corrected chi connectivity index (χ0v) is 16.6. The highest BCUT2D eigenvalue weighted by molar-refractivity contribution is 5.80. The number of aromatic nitrogens is 2. The van der Waals surface area contributed by atoms with Gasteiger partial charge in [-0.2, -0.15) is 0 Å². The Bertz CT molecular complexity index is 845. The summed E-state index contributed by atoms with van der Waals surface area (Å²) in [6, 6.07) is 7.00. The molecule has 0 saturated carbocycles. The average molecular weight is 387 g/mol. The van der Waals surface area contributed by atoms with E-state index < -0.39 is 0 Å². The third-order valence-corrected chi connectivity index (χ3v) is 4.59. The second kappa shape index (κ2) is 11.2. The van der Waals surface area contributed by atoms with Gasteiger partial charge in [-0.3, -0.25) is 19.0 Å². The van der Waals surface area contributed by atoms with Gasteiger partial charge in [-0.15, -0.1) is 0 Å². The van der Waals surface area contributed by atoms with Crippen LogP contribution >= 0.6 is 0 Å². The van der Waals surface area contributed by atoms with Gasteiger partial charge in [0.05, 0.1) is 17.2 Å². The van der Waals surface area contributed by atoms with Gasteiger partial charge in [0.1, 0.15) is 6.54 Å². The van der Waals surface area contributed by atoms with Gasteiger partial charge in [0.2, 0.25) is 11.8 Å². The minimum Gasteiger partial charge on any atom is -0.356 e. The molecule has 0 unspecified atom stereocenters. The zero-order valence-electron chi connectivity index (χ0n) is 16.6. The second-order valence-corrected chi connectivity index (χ2v) is 6.53. The first-order chi connectivity index (χ1) is 13.5. The van der Waals surface area contributed by atoms with E-state index in [1.807, 2.05) is 0 Å². The van der Waals surface area contributed by atoms with Crippen LogP contribution in [0.3, 0.4) is 0 Å². The number of carbonyl (C=O) groups excluding carboxylic acids is 2. The molecule has 8 heteroatoms. The van der Waals surface area contributed by atoms with E-state index in [0.29, 0.717) is 17.4 Å². The molecule has 1 aromatic heterocycles. The molecule has 0 saturated heterocycles. The highest BCUT2D eigenvalue weighted by Crippen LogP contribution is 2.04. The maximum Gasteiger partial charge on any atom is 0.261 e. The van der Waals surface area contributed by atoms with Crippen LogP contribution in [-0.2, 0) is 16.1 Å². The van der Waals surface area contributed by atoms with Gasteiger partial charge < -0.3 is 15.5 Å². The molecular weight excluding hydrogens is 358 g/mol. The second-order valence-electron chi connectivity index (χ2n) is 6.53. The van der Waals surface area contributed by atoms with Crippen LogP contribution in [0.25, 0.3) is 10.9 Å². The SMILES string of the molecule is CCN(CC)CCCNC(=O)CCNC(=O)Cn1cnc2ccccc2c1=O. The van der Waals surface area contributed by atoms with E-state index in [2.05, 4.69) is 34.4 Å². The Balaban J connectivity index is 1.69. The smallest absolute Gasteiger partial charge is 0.261 e. The molecule has 0 spiro atoms. The van der Waals surface area contributed by atoms with Crippen LogP contribution in [0.5, 0.6) is 0 Å². The lowest BCUT2D eigenvalue weighted by molar-refractivity contribution is -0.122. The van der Waals surface area contributed by atoms with Crippen LogP contribution in [-0.4, -0.2) is 59.0 Å². The van der Waals surface area contributed by atoms with E-state index in [0.717, 1.165) is 26.1 Å². The minimum absolute atomic E-state index is 0.0932. The first-order valence-electron chi connectivity index (χ1n) is 9.75. The maximum absolute atomic E-state index is 12.4. The Labute approximate surface area is 164 Å². The van der Waals surface area contributed by atoms with E-state index in [1.165, 1.54) is 10.9 Å². The summed E-state index contributed by atoms with van der Waals surface area (Å²) < 4.78 is 1.27.